The number of likely N-dealkylation sites (tertiary alicyclic amines) is 1. The Morgan fingerprint density at radius 1 is 1.20 bits per heavy atom. The van der Waals surface area contributed by atoms with Crippen LogP contribution in [0, 0.1) is 5.92 Å². The second-order valence-electron chi connectivity index (χ2n) is 5.82. The largest absolute Gasteiger partial charge is 0.310 e. The summed E-state index contributed by atoms with van der Waals surface area (Å²) in [6.07, 6.45) is 5.70. The van der Waals surface area contributed by atoms with Crippen molar-refractivity contribution in [2.45, 2.75) is 64.6 Å². The van der Waals surface area contributed by atoms with Crippen LogP contribution >= 0.6 is 0 Å². The van der Waals surface area contributed by atoms with E-state index in [1.165, 1.54) is 38.8 Å². The van der Waals surface area contributed by atoms with E-state index < -0.39 is 0 Å². The molecule has 0 radical (unpaired) electrons. The third-order valence-electron chi connectivity index (χ3n) is 3.85. The van der Waals surface area contributed by atoms with Crippen molar-refractivity contribution in [2.24, 2.45) is 5.92 Å². The fourth-order valence-corrected chi connectivity index (χ4v) is 2.72. The molecule has 88 valence electrons. The van der Waals surface area contributed by atoms with Crippen molar-refractivity contribution >= 4 is 0 Å². The molecular weight excluding hydrogens is 184 g/mol. The number of nitrogens with zero attached hydrogens (tertiary/aromatic N) is 1. The van der Waals surface area contributed by atoms with Crippen molar-refractivity contribution in [3.63, 3.8) is 0 Å². The average Bonchev–Trinajstić information content (AvgIpc) is 2.82. The summed E-state index contributed by atoms with van der Waals surface area (Å²) >= 11 is 0. The third-order valence-corrected chi connectivity index (χ3v) is 3.85. The minimum absolute atomic E-state index is 0.718. The fourth-order valence-electron chi connectivity index (χ4n) is 2.72. The zero-order valence-corrected chi connectivity index (χ0v) is 10.5. The number of nitrogens with one attached hydrogen (secondary N) is 1. The van der Waals surface area contributed by atoms with Crippen LogP contribution in [0.3, 0.4) is 0 Å². The Bertz CT molecular complexity index is 199. The highest BCUT2D eigenvalue weighted by atomic mass is 15.2. The van der Waals surface area contributed by atoms with Crippen LogP contribution in [0.5, 0.6) is 0 Å². The molecule has 0 bridgehead atoms. The molecule has 1 saturated heterocycles. The lowest BCUT2D eigenvalue weighted by Gasteiger charge is -2.22. The smallest absolute Gasteiger partial charge is 0.0209 e. The zero-order chi connectivity index (χ0) is 10.8. The van der Waals surface area contributed by atoms with Crippen LogP contribution in [0.4, 0.5) is 0 Å². The van der Waals surface area contributed by atoms with Gasteiger partial charge < -0.3 is 5.32 Å². The molecule has 1 N–H and O–H groups in total. The molecule has 1 aliphatic carbocycles. The standard InChI is InChI=1S/C13H26N2/c1-10(2)15-7-6-13(9-15)14-11(3)8-12-4-5-12/h10-14H,4-9H2,1-3H3. The van der Waals surface area contributed by atoms with Gasteiger partial charge in [-0.15, -0.1) is 0 Å². The molecule has 15 heavy (non-hydrogen) atoms. The van der Waals surface area contributed by atoms with E-state index in [2.05, 4.69) is 31.0 Å². The average molecular weight is 210 g/mol. The first-order valence-electron chi connectivity index (χ1n) is 6.65. The number of hydrogen-bond acceptors (Lipinski definition) is 2. The Balaban J connectivity index is 1.66. The number of hydrogen-bond donors (Lipinski definition) is 1. The highest BCUT2D eigenvalue weighted by Gasteiger charge is 2.28. The molecule has 1 heterocycles. The molecule has 0 spiro atoms. The summed E-state index contributed by atoms with van der Waals surface area (Å²) in [4.78, 5) is 2.58. The summed E-state index contributed by atoms with van der Waals surface area (Å²) in [7, 11) is 0. The molecule has 1 aliphatic heterocycles. The van der Waals surface area contributed by atoms with E-state index in [4.69, 9.17) is 0 Å². The quantitative estimate of drug-likeness (QED) is 0.749. The lowest BCUT2D eigenvalue weighted by Crippen LogP contribution is -2.39. The first-order valence-corrected chi connectivity index (χ1v) is 6.65. The zero-order valence-electron chi connectivity index (χ0n) is 10.5. The van der Waals surface area contributed by atoms with Crippen LogP contribution in [0.25, 0.3) is 0 Å². The normalized spacial score (nSPS) is 30.0. The Morgan fingerprint density at radius 3 is 2.47 bits per heavy atom. The van der Waals surface area contributed by atoms with E-state index in [-0.39, 0.29) is 0 Å². The predicted octanol–water partition coefficient (Wildman–Crippen LogP) is 2.25. The van der Waals surface area contributed by atoms with E-state index in [1.807, 2.05) is 0 Å². The summed E-state index contributed by atoms with van der Waals surface area (Å²) in [6, 6.07) is 2.20. The Kier molecular flexibility index (Phi) is 3.68. The van der Waals surface area contributed by atoms with Gasteiger partial charge in [-0.1, -0.05) is 12.8 Å². The SMILES string of the molecule is CC(CC1CC1)NC1CCN(C(C)C)C1. The van der Waals surface area contributed by atoms with Crippen molar-refractivity contribution in [1.82, 2.24) is 10.2 Å². The molecule has 2 nitrogen and oxygen atoms in total. The van der Waals surface area contributed by atoms with Gasteiger partial charge >= 0.3 is 0 Å². The molecule has 0 aromatic carbocycles. The third kappa shape index (κ3) is 3.46. The van der Waals surface area contributed by atoms with E-state index in [9.17, 15) is 0 Å². The van der Waals surface area contributed by atoms with Crippen molar-refractivity contribution in [1.29, 1.82) is 0 Å². The van der Waals surface area contributed by atoms with Crippen LogP contribution in [0.1, 0.15) is 46.5 Å². The summed E-state index contributed by atoms with van der Waals surface area (Å²) in [6.45, 7) is 9.50. The van der Waals surface area contributed by atoms with Crippen LogP contribution in [0.15, 0.2) is 0 Å². The molecule has 1 saturated carbocycles. The van der Waals surface area contributed by atoms with Crippen LogP contribution in [-0.2, 0) is 0 Å². The van der Waals surface area contributed by atoms with Gasteiger partial charge in [0.2, 0.25) is 0 Å². The van der Waals surface area contributed by atoms with Crippen LogP contribution in [-0.4, -0.2) is 36.1 Å². The molecule has 2 rings (SSSR count). The fraction of sp³-hybridized carbons (Fsp3) is 1.00. The maximum Gasteiger partial charge on any atom is 0.0209 e. The maximum absolute atomic E-state index is 3.79. The molecule has 0 aromatic rings. The highest BCUT2D eigenvalue weighted by Crippen LogP contribution is 2.33. The van der Waals surface area contributed by atoms with Crippen molar-refractivity contribution in [3.8, 4) is 0 Å². The molecule has 2 unspecified atom stereocenters. The molecule has 2 heteroatoms. The molecule has 2 atom stereocenters. The van der Waals surface area contributed by atoms with Gasteiger partial charge in [0.1, 0.15) is 0 Å². The topological polar surface area (TPSA) is 15.3 Å². The monoisotopic (exact) mass is 210 g/mol. The van der Waals surface area contributed by atoms with Gasteiger partial charge in [0.15, 0.2) is 0 Å². The number of rotatable bonds is 5. The molecular formula is C13H26N2. The van der Waals surface area contributed by atoms with Crippen molar-refractivity contribution in [2.75, 3.05) is 13.1 Å². The van der Waals surface area contributed by atoms with Crippen LogP contribution < -0.4 is 5.32 Å². The summed E-state index contributed by atoms with van der Waals surface area (Å²) < 4.78 is 0. The second-order valence-corrected chi connectivity index (χ2v) is 5.82. The van der Waals surface area contributed by atoms with Gasteiger partial charge in [-0.05, 0) is 46.1 Å². The maximum atomic E-state index is 3.79. The van der Waals surface area contributed by atoms with E-state index >= 15 is 0 Å². The van der Waals surface area contributed by atoms with Gasteiger partial charge in [0.25, 0.3) is 0 Å². The Labute approximate surface area is 94.4 Å². The minimum Gasteiger partial charge on any atom is -0.310 e. The van der Waals surface area contributed by atoms with Gasteiger partial charge in [0, 0.05) is 24.7 Å². The van der Waals surface area contributed by atoms with Gasteiger partial charge in [-0.3, -0.25) is 4.90 Å². The van der Waals surface area contributed by atoms with Gasteiger partial charge in [-0.25, -0.2) is 0 Å². The molecule has 2 fully saturated rings. The van der Waals surface area contributed by atoms with E-state index in [0.717, 1.165) is 24.0 Å². The molecule has 2 aliphatic rings. The van der Waals surface area contributed by atoms with Crippen molar-refractivity contribution < 1.29 is 0 Å². The van der Waals surface area contributed by atoms with Crippen molar-refractivity contribution in [3.05, 3.63) is 0 Å². The summed E-state index contributed by atoms with van der Waals surface area (Å²) in [5, 5.41) is 3.79. The lowest BCUT2D eigenvalue weighted by atomic mass is 10.1. The molecule has 0 aromatic heterocycles. The van der Waals surface area contributed by atoms with Gasteiger partial charge in [0.05, 0.1) is 0 Å². The highest BCUT2D eigenvalue weighted by molar-refractivity contribution is 4.86. The predicted molar refractivity (Wildman–Crippen MR) is 65.1 cm³/mol. The summed E-state index contributed by atoms with van der Waals surface area (Å²) in [5.41, 5.74) is 0. The minimum atomic E-state index is 0.718. The van der Waals surface area contributed by atoms with E-state index in [0.29, 0.717) is 0 Å². The Morgan fingerprint density at radius 2 is 1.93 bits per heavy atom. The second kappa shape index (κ2) is 4.84. The van der Waals surface area contributed by atoms with Crippen LogP contribution in [0.2, 0.25) is 0 Å². The first-order chi connectivity index (χ1) is 7.15. The first kappa shape index (κ1) is 11.4. The molecule has 0 amide bonds. The van der Waals surface area contributed by atoms with E-state index in [1.54, 1.807) is 0 Å². The van der Waals surface area contributed by atoms with Gasteiger partial charge in [-0.2, -0.15) is 0 Å². The lowest BCUT2D eigenvalue weighted by molar-refractivity contribution is 0.265. The Hall–Kier alpha value is -0.0800. The summed E-state index contributed by atoms with van der Waals surface area (Å²) in [5.74, 6) is 1.05.